The summed E-state index contributed by atoms with van der Waals surface area (Å²) in [4.78, 5) is 14.2. The van der Waals surface area contributed by atoms with E-state index in [0.29, 0.717) is 11.7 Å². The summed E-state index contributed by atoms with van der Waals surface area (Å²) in [7, 11) is 1.85. The van der Waals surface area contributed by atoms with Crippen LogP contribution in [0.3, 0.4) is 0 Å². The maximum atomic E-state index is 12.4. The third-order valence-electron chi connectivity index (χ3n) is 4.61. The van der Waals surface area contributed by atoms with Crippen LogP contribution in [0.4, 0.5) is 0 Å². The van der Waals surface area contributed by atoms with E-state index in [1.165, 1.54) is 0 Å². The number of carbonyl (C=O) groups is 1. The second-order valence-corrected chi connectivity index (χ2v) is 6.26. The molecule has 19 heavy (non-hydrogen) atoms. The van der Waals surface area contributed by atoms with Crippen molar-refractivity contribution >= 4 is 5.91 Å². The number of ether oxygens (including phenoxy) is 1. The summed E-state index contributed by atoms with van der Waals surface area (Å²) in [6, 6.07) is 1.89. The van der Waals surface area contributed by atoms with Crippen molar-refractivity contribution in [2.45, 2.75) is 39.3 Å². The van der Waals surface area contributed by atoms with Crippen molar-refractivity contribution < 1.29 is 14.1 Å². The first kappa shape index (κ1) is 12.7. The zero-order chi connectivity index (χ0) is 13.8. The van der Waals surface area contributed by atoms with Crippen LogP contribution in [-0.4, -0.2) is 41.8 Å². The number of hydrogen-bond acceptors (Lipinski definition) is 4. The number of rotatable bonds is 2. The van der Waals surface area contributed by atoms with E-state index in [2.05, 4.69) is 19.0 Å². The first-order valence-corrected chi connectivity index (χ1v) is 6.75. The summed E-state index contributed by atoms with van der Waals surface area (Å²) in [5.41, 5.74) is 0.729. The third-order valence-corrected chi connectivity index (χ3v) is 4.61. The Balaban J connectivity index is 1.80. The quantitative estimate of drug-likeness (QED) is 0.818. The van der Waals surface area contributed by atoms with Gasteiger partial charge in [0.2, 0.25) is 5.76 Å². The van der Waals surface area contributed by atoms with Crippen LogP contribution >= 0.6 is 0 Å². The van der Waals surface area contributed by atoms with Crippen LogP contribution in [-0.2, 0) is 4.74 Å². The van der Waals surface area contributed by atoms with Crippen molar-refractivity contribution in [3.05, 3.63) is 17.5 Å². The highest BCUT2D eigenvalue weighted by molar-refractivity contribution is 5.91. The molecule has 1 aromatic heterocycles. The van der Waals surface area contributed by atoms with E-state index in [-0.39, 0.29) is 23.5 Å². The van der Waals surface area contributed by atoms with Crippen LogP contribution in [0.5, 0.6) is 0 Å². The van der Waals surface area contributed by atoms with Crippen molar-refractivity contribution in [2.24, 2.45) is 11.3 Å². The van der Waals surface area contributed by atoms with E-state index < -0.39 is 0 Å². The molecule has 0 aromatic carbocycles. The summed E-state index contributed by atoms with van der Waals surface area (Å²) in [6.45, 7) is 6.95. The fourth-order valence-corrected chi connectivity index (χ4v) is 3.85. The van der Waals surface area contributed by atoms with Crippen molar-refractivity contribution in [2.75, 3.05) is 13.7 Å². The molecule has 1 aliphatic heterocycles. The van der Waals surface area contributed by atoms with E-state index in [9.17, 15) is 4.79 Å². The number of fused-ring (bicyclic) bond motifs is 1. The Labute approximate surface area is 112 Å². The van der Waals surface area contributed by atoms with Gasteiger partial charge in [0.1, 0.15) is 0 Å². The fraction of sp³-hybridized carbons (Fsp3) is 0.714. The van der Waals surface area contributed by atoms with Crippen LogP contribution < -0.4 is 0 Å². The van der Waals surface area contributed by atoms with Gasteiger partial charge in [0.25, 0.3) is 5.91 Å². The largest absolute Gasteiger partial charge is 0.377 e. The summed E-state index contributed by atoms with van der Waals surface area (Å²) in [5, 5.41) is 3.78. The second kappa shape index (κ2) is 4.07. The van der Waals surface area contributed by atoms with Crippen molar-refractivity contribution in [1.29, 1.82) is 0 Å². The lowest BCUT2D eigenvalue weighted by Crippen LogP contribution is -2.66. The smallest absolute Gasteiger partial charge is 0.292 e. The molecule has 104 valence electrons. The highest BCUT2D eigenvalue weighted by atomic mass is 16.5. The van der Waals surface area contributed by atoms with Gasteiger partial charge in [-0.1, -0.05) is 19.0 Å². The maximum absolute atomic E-state index is 12.4. The highest BCUT2D eigenvalue weighted by Crippen LogP contribution is 2.54. The van der Waals surface area contributed by atoms with E-state index in [4.69, 9.17) is 9.26 Å². The van der Waals surface area contributed by atoms with E-state index in [0.717, 1.165) is 18.7 Å². The minimum atomic E-state index is -0.0935. The Morgan fingerprint density at radius 2 is 2.26 bits per heavy atom. The molecule has 1 aliphatic carbocycles. The Morgan fingerprint density at radius 1 is 1.53 bits per heavy atom. The van der Waals surface area contributed by atoms with Gasteiger partial charge in [0.15, 0.2) is 0 Å². The molecule has 0 N–H and O–H groups in total. The van der Waals surface area contributed by atoms with E-state index in [1.807, 2.05) is 14.0 Å². The molecular weight excluding hydrogens is 244 g/mol. The molecule has 5 nitrogen and oxygen atoms in total. The number of aromatic nitrogens is 1. The van der Waals surface area contributed by atoms with Crippen molar-refractivity contribution in [3.8, 4) is 0 Å². The Hall–Kier alpha value is -1.36. The van der Waals surface area contributed by atoms with Gasteiger partial charge in [-0.25, -0.2) is 0 Å². The number of aryl methyl sites for hydroxylation is 1. The van der Waals surface area contributed by atoms with E-state index in [1.54, 1.807) is 11.0 Å². The predicted octanol–water partition coefficient (Wildman–Crippen LogP) is 1.87. The lowest BCUT2D eigenvalue weighted by Gasteiger charge is -2.57. The van der Waals surface area contributed by atoms with Gasteiger partial charge < -0.3 is 14.2 Å². The molecule has 1 saturated heterocycles. The highest BCUT2D eigenvalue weighted by Gasteiger charge is 2.61. The molecule has 2 aliphatic rings. The molecule has 3 atom stereocenters. The van der Waals surface area contributed by atoms with Gasteiger partial charge in [-0.05, 0) is 13.3 Å². The summed E-state index contributed by atoms with van der Waals surface area (Å²) >= 11 is 0. The normalized spacial score (nSPS) is 31.7. The Morgan fingerprint density at radius 3 is 2.89 bits per heavy atom. The fourth-order valence-electron chi connectivity index (χ4n) is 3.85. The summed E-state index contributed by atoms with van der Waals surface area (Å²) < 4.78 is 10.8. The maximum Gasteiger partial charge on any atom is 0.292 e. The monoisotopic (exact) mass is 264 g/mol. The van der Waals surface area contributed by atoms with Gasteiger partial charge in [0, 0.05) is 37.1 Å². The van der Waals surface area contributed by atoms with Gasteiger partial charge in [-0.2, -0.15) is 0 Å². The van der Waals surface area contributed by atoms with Crippen LogP contribution in [0.25, 0.3) is 0 Å². The van der Waals surface area contributed by atoms with Gasteiger partial charge in [0.05, 0.1) is 11.8 Å². The van der Waals surface area contributed by atoms with Crippen LogP contribution in [0.15, 0.2) is 10.6 Å². The zero-order valence-electron chi connectivity index (χ0n) is 11.8. The topological polar surface area (TPSA) is 55.6 Å². The first-order chi connectivity index (χ1) is 8.93. The first-order valence-electron chi connectivity index (χ1n) is 6.75. The molecule has 1 aromatic rings. The summed E-state index contributed by atoms with van der Waals surface area (Å²) in [6.07, 6.45) is 1.32. The molecule has 0 spiro atoms. The van der Waals surface area contributed by atoms with Gasteiger partial charge >= 0.3 is 0 Å². The molecule has 2 heterocycles. The third kappa shape index (κ3) is 1.71. The molecule has 1 amide bonds. The average molecular weight is 264 g/mol. The van der Waals surface area contributed by atoms with Gasteiger partial charge in [-0.3, -0.25) is 4.79 Å². The van der Waals surface area contributed by atoms with Crippen LogP contribution in [0, 0.1) is 18.3 Å². The van der Waals surface area contributed by atoms with Crippen molar-refractivity contribution in [1.82, 2.24) is 10.1 Å². The molecule has 5 heteroatoms. The lowest BCUT2D eigenvalue weighted by atomic mass is 9.57. The number of hydrogen-bond donors (Lipinski definition) is 0. The molecule has 1 saturated carbocycles. The summed E-state index contributed by atoms with van der Waals surface area (Å²) in [5.74, 6) is 0.676. The minimum absolute atomic E-state index is 0.000638. The molecule has 3 unspecified atom stereocenters. The SMILES string of the molecule is Cc1cc(C(=O)N(C)C2C3CCOC3C2(C)C)on1. The molecule has 2 fully saturated rings. The molecule has 3 rings (SSSR count). The van der Waals surface area contributed by atoms with Crippen molar-refractivity contribution in [3.63, 3.8) is 0 Å². The van der Waals surface area contributed by atoms with E-state index >= 15 is 0 Å². The number of amides is 1. The minimum Gasteiger partial charge on any atom is -0.377 e. The Bertz CT molecular complexity index is 509. The predicted molar refractivity (Wildman–Crippen MR) is 68.7 cm³/mol. The van der Waals surface area contributed by atoms with Gasteiger partial charge in [-0.15, -0.1) is 0 Å². The standard InChI is InChI=1S/C14H20N2O3/c1-8-7-10(19-15-8)13(17)16(4)11-9-5-6-18-12(9)14(11,2)3/h7,9,11-12H,5-6H2,1-4H3. The molecular formula is C14H20N2O3. The Kier molecular flexibility index (Phi) is 2.71. The molecule has 0 radical (unpaired) electrons. The number of nitrogens with zero attached hydrogens (tertiary/aromatic N) is 2. The average Bonchev–Trinajstić information content (AvgIpc) is 2.95. The van der Waals surface area contributed by atoms with Crippen LogP contribution in [0.2, 0.25) is 0 Å². The lowest BCUT2D eigenvalue weighted by molar-refractivity contribution is -0.140. The second-order valence-electron chi connectivity index (χ2n) is 6.26. The zero-order valence-corrected chi connectivity index (χ0v) is 11.8. The number of carbonyl (C=O) groups excluding carboxylic acids is 1. The van der Waals surface area contributed by atoms with Crippen LogP contribution in [0.1, 0.15) is 36.5 Å². The molecule has 0 bridgehead atoms.